The minimum Gasteiger partial charge on any atom is -0.374 e. The number of carbonyl (C=O) groups is 1. The monoisotopic (exact) mass is 335 g/mol. The number of aromatic nitrogens is 2. The van der Waals surface area contributed by atoms with Crippen molar-refractivity contribution in [2.75, 3.05) is 25.4 Å². The van der Waals surface area contributed by atoms with E-state index in [2.05, 4.69) is 20.8 Å². The lowest BCUT2D eigenvalue weighted by Crippen LogP contribution is -2.62. The summed E-state index contributed by atoms with van der Waals surface area (Å²) in [5.41, 5.74) is 5.51. The number of hydrogen-bond donors (Lipinski definition) is 3. The zero-order chi connectivity index (χ0) is 16.3. The van der Waals surface area contributed by atoms with Crippen LogP contribution < -0.4 is 16.4 Å². The first-order valence-electron chi connectivity index (χ1n) is 7.39. The molecule has 1 aliphatic heterocycles. The molecule has 8 heteroatoms. The van der Waals surface area contributed by atoms with Crippen LogP contribution in [-0.4, -0.2) is 35.7 Å². The van der Waals surface area contributed by atoms with E-state index in [0.717, 1.165) is 5.01 Å². The van der Waals surface area contributed by atoms with Crippen molar-refractivity contribution in [2.24, 2.45) is 5.41 Å². The Kier molecular flexibility index (Phi) is 4.53. The predicted molar refractivity (Wildman–Crippen MR) is 86.4 cm³/mol. The molecule has 2 aromatic rings. The van der Waals surface area contributed by atoms with Gasteiger partial charge in [-0.15, -0.1) is 10.2 Å². The second-order valence-electron chi connectivity index (χ2n) is 5.69. The Labute approximate surface area is 137 Å². The van der Waals surface area contributed by atoms with Crippen LogP contribution >= 0.6 is 11.3 Å². The van der Waals surface area contributed by atoms with E-state index in [1.807, 2.05) is 0 Å². The normalized spacial score (nSPS) is 15.9. The molecule has 0 unspecified atom stereocenters. The van der Waals surface area contributed by atoms with Gasteiger partial charge in [-0.1, -0.05) is 29.5 Å². The van der Waals surface area contributed by atoms with Gasteiger partial charge in [0.15, 0.2) is 0 Å². The topological polar surface area (TPSA) is 92.9 Å². The van der Waals surface area contributed by atoms with E-state index < -0.39 is 5.41 Å². The van der Waals surface area contributed by atoms with Gasteiger partial charge in [-0.3, -0.25) is 4.79 Å². The Morgan fingerprint density at radius 3 is 2.78 bits per heavy atom. The second-order valence-corrected chi connectivity index (χ2v) is 6.79. The number of carbonyl (C=O) groups excluding carboxylic acids is 1. The first-order valence-corrected chi connectivity index (χ1v) is 8.21. The van der Waals surface area contributed by atoms with Crippen LogP contribution in [0.5, 0.6) is 0 Å². The lowest BCUT2D eigenvalue weighted by molar-refractivity contribution is -0.133. The zero-order valence-electron chi connectivity index (χ0n) is 12.5. The van der Waals surface area contributed by atoms with Gasteiger partial charge in [0, 0.05) is 26.1 Å². The van der Waals surface area contributed by atoms with Crippen molar-refractivity contribution in [1.29, 1.82) is 0 Å². The van der Waals surface area contributed by atoms with E-state index in [1.54, 1.807) is 18.2 Å². The average molecular weight is 335 g/mol. The molecule has 1 aliphatic rings. The zero-order valence-corrected chi connectivity index (χ0v) is 13.3. The van der Waals surface area contributed by atoms with Gasteiger partial charge < -0.3 is 16.4 Å². The molecule has 122 valence electrons. The molecular formula is C15H18FN5OS. The predicted octanol–water partition coefficient (Wildman–Crippen LogP) is 0.750. The van der Waals surface area contributed by atoms with Crippen LogP contribution in [0.4, 0.5) is 9.52 Å². The maximum atomic E-state index is 13.8. The van der Waals surface area contributed by atoms with E-state index in [9.17, 15) is 9.18 Å². The van der Waals surface area contributed by atoms with Crippen LogP contribution in [0.1, 0.15) is 10.6 Å². The van der Waals surface area contributed by atoms with Gasteiger partial charge in [0.1, 0.15) is 10.8 Å². The smallest absolute Gasteiger partial charge is 0.229 e. The molecule has 4 N–H and O–H groups in total. The van der Waals surface area contributed by atoms with Gasteiger partial charge in [-0.25, -0.2) is 4.39 Å². The minimum absolute atomic E-state index is 0.0583. The van der Waals surface area contributed by atoms with E-state index in [4.69, 9.17) is 5.73 Å². The highest BCUT2D eigenvalue weighted by Gasteiger charge is 2.44. The fourth-order valence-electron chi connectivity index (χ4n) is 2.64. The molecular weight excluding hydrogens is 317 g/mol. The van der Waals surface area contributed by atoms with Gasteiger partial charge in [-0.05, 0) is 18.1 Å². The fourth-order valence-corrected chi connectivity index (χ4v) is 3.25. The molecule has 0 radical (unpaired) electrons. The molecule has 2 heterocycles. The summed E-state index contributed by atoms with van der Waals surface area (Å²) < 4.78 is 13.8. The summed E-state index contributed by atoms with van der Waals surface area (Å²) in [5, 5.41) is 14.9. The van der Waals surface area contributed by atoms with Crippen molar-refractivity contribution in [1.82, 2.24) is 20.8 Å². The molecule has 0 atom stereocenters. The molecule has 1 saturated heterocycles. The molecule has 1 fully saturated rings. The summed E-state index contributed by atoms with van der Waals surface area (Å²) in [4.78, 5) is 12.5. The third-order valence-corrected chi connectivity index (χ3v) is 4.81. The van der Waals surface area contributed by atoms with Crippen molar-refractivity contribution in [2.45, 2.75) is 12.8 Å². The molecule has 1 amide bonds. The standard InChI is InChI=1S/C15H18FN5OS/c16-11-4-2-1-3-10(11)7-15(8-18-9-15)13(22)19-6-5-12-20-21-14(17)23-12/h1-4,18H,5-9H2,(H2,17,21)(H,19,22). The summed E-state index contributed by atoms with van der Waals surface area (Å²) in [6.07, 6.45) is 0.980. The maximum absolute atomic E-state index is 13.8. The lowest BCUT2D eigenvalue weighted by atomic mass is 9.75. The van der Waals surface area contributed by atoms with Crippen molar-refractivity contribution < 1.29 is 9.18 Å². The van der Waals surface area contributed by atoms with Gasteiger partial charge in [-0.2, -0.15) is 0 Å². The number of nitrogen functional groups attached to an aromatic ring is 1. The highest BCUT2D eigenvalue weighted by Crippen LogP contribution is 2.29. The summed E-state index contributed by atoms with van der Waals surface area (Å²) >= 11 is 1.31. The highest BCUT2D eigenvalue weighted by molar-refractivity contribution is 7.15. The Bertz CT molecular complexity index is 701. The molecule has 0 bridgehead atoms. The highest BCUT2D eigenvalue weighted by atomic mass is 32.1. The van der Waals surface area contributed by atoms with Crippen molar-refractivity contribution >= 4 is 22.4 Å². The van der Waals surface area contributed by atoms with Gasteiger partial charge in [0.2, 0.25) is 11.0 Å². The minimum atomic E-state index is -0.581. The third kappa shape index (κ3) is 3.48. The number of anilines is 1. The van der Waals surface area contributed by atoms with Crippen molar-refractivity contribution in [3.05, 3.63) is 40.7 Å². The summed E-state index contributed by atoms with van der Waals surface area (Å²) in [6.45, 7) is 1.57. The van der Waals surface area contributed by atoms with Crippen LogP contribution in [0.2, 0.25) is 0 Å². The number of nitrogens with zero attached hydrogens (tertiary/aromatic N) is 2. The number of nitrogens with one attached hydrogen (secondary N) is 2. The first-order chi connectivity index (χ1) is 11.1. The Balaban J connectivity index is 1.59. The van der Waals surface area contributed by atoms with Crippen LogP contribution in [0.15, 0.2) is 24.3 Å². The Hall–Kier alpha value is -2.06. The molecule has 6 nitrogen and oxygen atoms in total. The molecule has 1 aromatic heterocycles. The van der Waals surface area contributed by atoms with E-state index >= 15 is 0 Å². The largest absolute Gasteiger partial charge is 0.374 e. The SMILES string of the molecule is Nc1nnc(CCNC(=O)C2(Cc3ccccc3F)CNC2)s1. The Morgan fingerprint density at radius 1 is 1.39 bits per heavy atom. The third-order valence-electron chi connectivity index (χ3n) is 4.00. The average Bonchev–Trinajstić information content (AvgIpc) is 2.90. The number of rotatable bonds is 6. The Morgan fingerprint density at radius 2 is 2.17 bits per heavy atom. The molecule has 0 aliphatic carbocycles. The number of amides is 1. The van der Waals surface area contributed by atoms with Crippen LogP contribution in [0.25, 0.3) is 0 Å². The molecule has 1 aromatic carbocycles. The van der Waals surface area contributed by atoms with Gasteiger partial charge in [0.25, 0.3) is 0 Å². The summed E-state index contributed by atoms with van der Waals surface area (Å²) in [5.74, 6) is -0.326. The van der Waals surface area contributed by atoms with Crippen LogP contribution in [-0.2, 0) is 17.6 Å². The number of halogens is 1. The number of hydrogen-bond acceptors (Lipinski definition) is 6. The van der Waals surface area contributed by atoms with Crippen molar-refractivity contribution in [3.8, 4) is 0 Å². The van der Waals surface area contributed by atoms with Crippen LogP contribution in [0, 0.1) is 11.2 Å². The molecule has 23 heavy (non-hydrogen) atoms. The molecule has 3 rings (SSSR count). The molecule has 0 spiro atoms. The second kappa shape index (κ2) is 6.59. The van der Waals surface area contributed by atoms with Crippen LogP contribution in [0.3, 0.4) is 0 Å². The van der Waals surface area contributed by atoms with Gasteiger partial charge >= 0.3 is 0 Å². The quantitative estimate of drug-likeness (QED) is 0.724. The maximum Gasteiger partial charge on any atom is 0.229 e. The van der Waals surface area contributed by atoms with Gasteiger partial charge in [0.05, 0.1) is 5.41 Å². The number of nitrogens with two attached hydrogens (primary N) is 1. The fraction of sp³-hybridized carbons (Fsp3) is 0.400. The summed E-state index contributed by atoms with van der Waals surface area (Å²) in [7, 11) is 0. The lowest BCUT2D eigenvalue weighted by Gasteiger charge is -2.41. The number of benzene rings is 1. The molecule has 0 saturated carbocycles. The van der Waals surface area contributed by atoms with E-state index in [0.29, 0.717) is 43.2 Å². The van der Waals surface area contributed by atoms with E-state index in [1.165, 1.54) is 17.4 Å². The van der Waals surface area contributed by atoms with E-state index in [-0.39, 0.29) is 11.7 Å². The van der Waals surface area contributed by atoms with Crippen molar-refractivity contribution in [3.63, 3.8) is 0 Å². The summed E-state index contributed by atoms with van der Waals surface area (Å²) in [6, 6.07) is 6.59. The first kappa shape index (κ1) is 15.8.